The van der Waals surface area contributed by atoms with Gasteiger partial charge < -0.3 is 15.9 Å². The molecule has 0 saturated heterocycles. The molecule has 0 aliphatic carbocycles. The molecule has 5 heteroatoms. The van der Waals surface area contributed by atoms with Gasteiger partial charge in [-0.15, -0.1) is 0 Å². The molecule has 0 bridgehead atoms. The molecule has 0 aromatic carbocycles. The summed E-state index contributed by atoms with van der Waals surface area (Å²) in [6.07, 6.45) is 13.1. The Bertz CT molecular complexity index is 281. The van der Waals surface area contributed by atoms with Gasteiger partial charge in [-0.2, -0.15) is 0 Å². The number of carboxylic acids is 2. The van der Waals surface area contributed by atoms with Crippen LogP contribution >= 0.6 is 0 Å². The minimum Gasteiger partial charge on any atom is -0.481 e. The van der Waals surface area contributed by atoms with E-state index in [2.05, 4.69) is 0 Å². The Morgan fingerprint density at radius 2 is 1.10 bits per heavy atom. The second-order valence-corrected chi connectivity index (χ2v) is 5.77. The van der Waals surface area contributed by atoms with Crippen LogP contribution in [0.1, 0.15) is 83.5 Å². The zero-order valence-electron chi connectivity index (χ0n) is 13.1. The van der Waals surface area contributed by atoms with Gasteiger partial charge >= 0.3 is 11.9 Å². The lowest BCUT2D eigenvalue weighted by Crippen LogP contribution is -2.29. The fraction of sp³-hybridized carbons (Fsp3) is 0.875. The highest BCUT2D eigenvalue weighted by atomic mass is 16.4. The van der Waals surface area contributed by atoms with Crippen molar-refractivity contribution in [2.45, 2.75) is 89.5 Å². The maximum atomic E-state index is 10.5. The van der Waals surface area contributed by atoms with Crippen LogP contribution in [0.15, 0.2) is 0 Å². The lowest BCUT2D eigenvalue weighted by atomic mass is 10.0. The van der Waals surface area contributed by atoms with Crippen LogP contribution in [-0.2, 0) is 9.59 Å². The van der Waals surface area contributed by atoms with Crippen LogP contribution in [0.4, 0.5) is 0 Å². The predicted octanol–water partition coefficient (Wildman–Crippen LogP) is 3.55. The Hall–Kier alpha value is -1.10. The summed E-state index contributed by atoms with van der Waals surface area (Å²) in [5, 5.41) is 17.1. The largest absolute Gasteiger partial charge is 0.481 e. The monoisotopic (exact) mass is 301 g/mol. The Balaban J connectivity index is 3.09. The van der Waals surface area contributed by atoms with Crippen molar-refractivity contribution in [2.75, 3.05) is 0 Å². The molecule has 5 nitrogen and oxygen atoms in total. The molecule has 0 rings (SSSR count). The molecular formula is C16H31NO4. The lowest BCUT2D eigenvalue weighted by Gasteiger charge is -2.05. The molecule has 4 N–H and O–H groups in total. The van der Waals surface area contributed by atoms with Gasteiger partial charge in [-0.3, -0.25) is 9.59 Å². The van der Waals surface area contributed by atoms with Gasteiger partial charge in [0.1, 0.15) is 6.04 Å². The molecule has 0 fully saturated rings. The number of hydrogen-bond acceptors (Lipinski definition) is 3. The Labute approximate surface area is 127 Å². The van der Waals surface area contributed by atoms with E-state index < -0.39 is 18.0 Å². The van der Waals surface area contributed by atoms with E-state index in [-0.39, 0.29) is 0 Å². The van der Waals surface area contributed by atoms with Crippen LogP contribution in [-0.4, -0.2) is 28.2 Å². The topological polar surface area (TPSA) is 101 Å². The number of rotatable bonds is 15. The Morgan fingerprint density at radius 1 is 0.714 bits per heavy atom. The fourth-order valence-electron chi connectivity index (χ4n) is 2.35. The normalized spacial score (nSPS) is 12.2. The molecule has 0 spiro atoms. The van der Waals surface area contributed by atoms with E-state index >= 15 is 0 Å². The number of unbranched alkanes of at least 4 members (excludes halogenated alkanes) is 10. The van der Waals surface area contributed by atoms with E-state index in [1.165, 1.54) is 32.1 Å². The standard InChI is InChI=1S/C16H31NO4/c17-14(16(20)21)12-10-8-6-4-2-1-3-5-7-9-11-13-15(18)19/h14H,1-13,17H2,(H,18,19)(H,20,21)/t14-/m0/s1. The predicted molar refractivity (Wildman–Crippen MR) is 83.3 cm³/mol. The van der Waals surface area contributed by atoms with E-state index in [1.807, 2.05) is 0 Å². The van der Waals surface area contributed by atoms with E-state index in [0.29, 0.717) is 12.8 Å². The van der Waals surface area contributed by atoms with Crippen molar-refractivity contribution < 1.29 is 19.8 Å². The first-order valence-corrected chi connectivity index (χ1v) is 8.24. The Morgan fingerprint density at radius 3 is 1.48 bits per heavy atom. The summed E-state index contributed by atoms with van der Waals surface area (Å²) in [6, 6.07) is -0.703. The van der Waals surface area contributed by atoms with Crippen LogP contribution < -0.4 is 5.73 Å². The van der Waals surface area contributed by atoms with E-state index in [0.717, 1.165) is 38.5 Å². The summed E-state index contributed by atoms with van der Waals surface area (Å²) in [6.45, 7) is 0. The van der Waals surface area contributed by atoms with Crippen molar-refractivity contribution in [3.8, 4) is 0 Å². The van der Waals surface area contributed by atoms with Gasteiger partial charge in [0, 0.05) is 6.42 Å². The molecule has 0 aromatic heterocycles. The van der Waals surface area contributed by atoms with Crippen LogP contribution in [0.5, 0.6) is 0 Å². The van der Waals surface area contributed by atoms with Crippen LogP contribution in [0, 0.1) is 0 Å². The van der Waals surface area contributed by atoms with Gasteiger partial charge in [0.25, 0.3) is 0 Å². The molecule has 1 atom stereocenters. The summed E-state index contributed by atoms with van der Waals surface area (Å²) in [5.41, 5.74) is 5.43. The third kappa shape index (κ3) is 15.1. The minimum atomic E-state index is -0.904. The summed E-state index contributed by atoms with van der Waals surface area (Å²) in [4.78, 5) is 20.8. The summed E-state index contributed by atoms with van der Waals surface area (Å²) in [7, 11) is 0. The van der Waals surface area contributed by atoms with Crippen molar-refractivity contribution in [1.82, 2.24) is 0 Å². The van der Waals surface area contributed by atoms with Crippen LogP contribution in [0.3, 0.4) is 0 Å². The molecule has 0 aliphatic rings. The van der Waals surface area contributed by atoms with Crippen molar-refractivity contribution >= 4 is 11.9 Å². The summed E-state index contributed by atoms with van der Waals surface area (Å²) in [5.74, 6) is -1.60. The van der Waals surface area contributed by atoms with Gasteiger partial charge in [-0.05, 0) is 12.8 Å². The molecule has 0 aliphatic heterocycles. The smallest absolute Gasteiger partial charge is 0.320 e. The average Bonchev–Trinajstić information content (AvgIpc) is 2.43. The molecule has 0 amide bonds. The fourth-order valence-corrected chi connectivity index (χ4v) is 2.35. The third-order valence-corrected chi connectivity index (χ3v) is 3.72. The lowest BCUT2D eigenvalue weighted by molar-refractivity contribution is -0.139. The molecule has 0 radical (unpaired) electrons. The van der Waals surface area contributed by atoms with Gasteiger partial charge in [-0.1, -0.05) is 64.2 Å². The third-order valence-electron chi connectivity index (χ3n) is 3.72. The van der Waals surface area contributed by atoms with E-state index in [4.69, 9.17) is 15.9 Å². The highest BCUT2D eigenvalue weighted by molar-refractivity contribution is 5.72. The quantitative estimate of drug-likeness (QED) is 0.401. The first-order chi connectivity index (χ1) is 10.0. The van der Waals surface area contributed by atoms with Crippen molar-refractivity contribution in [3.63, 3.8) is 0 Å². The molecule has 124 valence electrons. The summed E-state index contributed by atoms with van der Waals surface area (Å²) < 4.78 is 0. The number of carbonyl (C=O) groups is 2. The molecule has 0 saturated carbocycles. The first kappa shape index (κ1) is 19.9. The molecule has 0 aromatic rings. The molecule has 0 unspecified atom stereocenters. The average molecular weight is 301 g/mol. The van der Waals surface area contributed by atoms with Gasteiger partial charge in [0.15, 0.2) is 0 Å². The van der Waals surface area contributed by atoms with Gasteiger partial charge in [-0.25, -0.2) is 0 Å². The van der Waals surface area contributed by atoms with Crippen molar-refractivity contribution in [2.24, 2.45) is 5.73 Å². The maximum Gasteiger partial charge on any atom is 0.320 e. The first-order valence-electron chi connectivity index (χ1n) is 8.24. The Kier molecular flexibility index (Phi) is 13.1. The zero-order valence-corrected chi connectivity index (χ0v) is 13.1. The SMILES string of the molecule is N[C@@H](CCCCCCCCCCCCCC(=O)O)C(=O)O. The molecular weight excluding hydrogens is 270 g/mol. The van der Waals surface area contributed by atoms with Crippen molar-refractivity contribution in [3.05, 3.63) is 0 Å². The van der Waals surface area contributed by atoms with E-state index in [9.17, 15) is 9.59 Å². The van der Waals surface area contributed by atoms with Crippen LogP contribution in [0.25, 0.3) is 0 Å². The maximum absolute atomic E-state index is 10.5. The molecule has 0 heterocycles. The highest BCUT2D eigenvalue weighted by Gasteiger charge is 2.09. The second-order valence-electron chi connectivity index (χ2n) is 5.77. The number of carboxylic acid groups (broad SMARTS) is 2. The number of aliphatic carboxylic acids is 2. The van der Waals surface area contributed by atoms with Gasteiger partial charge in [0.2, 0.25) is 0 Å². The summed E-state index contributed by atoms with van der Waals surface area (Å²) >= 11 is 0. The molecule has 21 heavy (non-hydrogen) atoms. The minimum absolute atomic E-state index is 0.297. The van der Waals surface area contributed by atoms with Gasteiger partial charge in [0.05, 0.1) is 0 Å². The number of hydrogen-bond donors (Lipinski definition) is 3. The van der Waals surface area contributed by atoms with Crippen molar-refractivity contribution in [1.29, 1.82) is 0 Å². The van der Waals surface area contributed by atoms with E-state index in [1.54, 1.807) is 0 Å². The second kappa shape index (κ2) is 13.9. The van der Waals surface area contributed by atoms with Crippen LogP contribution in [0.2, 0.25) is 0 Å². The number of nitrogens with two attached hydrogens (primary N) is 1. The highest BCUT2D eigenvalue weighted by Crippen LogP contribution is 2.12. The zero-order chi connectivity index (χ0) is 15.9.